The Hall–Kier alpha value is -3.41. The summed E-state index contributed by atoms with van der Waals surface area (Å²) in [4.78, 5) is 38.2. The van der Waals surface area contributed by atoms with E-state index in [2.05, 4.69) is 99.8 Å². The van der Waals surface area contributed by atoms with Gasteiger partial charge in [-0.1, -0.05) is 247 Å². The van der Waals surface area contributed by atoms with E-state index in [1.165, 1.54) is 167 Å². The van der Waals surface area contributed by atoms with Crippen LogP contribution in [-0.2, 0) is 28.6 Å². The van der Waals surface area contributed by atoms with Crippen LogP contribution in [0.25, 0.3) is 0 Å². The van der Waals surface area contributed by atoms with Gasteiger partial charge in [0.1, 0.15) is 13.2 Å². The lowest BCUT2D eigenvalue weighted by Gasteiger charge is -2.18. The van der Waals surface area contributed by atoms with E-state index in [4.69, 9.17) is 14.2 Å². The van der Waals surface area contributed by atoms with E-state index in [-0.39, 0.29) is 31.6 Å². The largest absolute Gasteiger partial charge is 0.462 e. The topological polar surface area (TPSA) is 78.9 Å². The van der Waals surface area contributed by atoms with Crippen LogP contribution in [0, 0.1) is 0 Å². The fourth-order valence-electron chi connectivity index (χ4n) is 8.30. The van der Waals surface area contributed by atoms with E-state index in [1.807, 2.05) is 6.08 Å². The van der Waals surface area contributed by atoms with E-state index in [0.29, 0.717) is 19.3 Å². The first-order valence-corrected chi connectivity index (χ1v) is 30.1. The van der Waals surface area contributed by atoms with E-state index in [0.717, 1.165) is 77.0 Å². The van der Waals surface area contributed by atoms with Crippen molar-refractivity contribution in [3.63, 3.8) is 0 Å². The fraction of sp³-hybridized carbons (Fsp3) is 0.738. The molecule has 0 aliphatic rings. The second kappa shape index (κ2) is 59.2. The van der Waals surface area contributed by atoms with Crippen molar-refractivity contribution in [3.05, 3.63) is 85.1 Å². The lowest BCUT2D eigenvalue weighted by atomic mass is 10.0. The summed E-state index contributed by atoms with van der Waals surface area (Å²) in [5.74, 6) is -0.995. The molecular weight excluding hydrogens is 877 g/mol. The van der Waals surface area contributed by atoms with Crippen LogP contribution in [0.2, 0.25) is 0 Å². The van der Waals surface area contributed by atoms with E-state index < -0.39 is 12.1 Å². The van der Waals surface area contributed by atoms with Crippen LogP contribution in [-0.4, -0.2) is 37.2 Å². The zero-order chi connectivity index (χ0) is 51.4. The number of ether oxygens (including phenoxy) is 3. The van der Waals surface area contributed by atoms with Crippen LogP contribution in [0.4, 0.5) is 0 Å². The molecule has 0 bridgehead atoms. The van der Waals surface area contributed by atoms with Crippen molar-refractivity contribution in [1.82, 2.24) is 0 Å². The summed E-state index contributed by atoms with van der Waals surface area (Å²) < 4.78 is 16.8. The molecule has 0 aromatic heterocycles. The molecule has 0 amide bonds. The minimum absolute atomic E-state index is 0.108. The van der Waals surface area contributed by atoms with Crippen LogP contribution in [0.3, 0.4) is 0 Å². The van der Waals surface area contributed by atoms with Crippen LogP contribution >= 0.6 is 0 Å². The zero-order valence-corrected chi connectivity index (χ0v) is 46.7. The van der Waals surface area contributed by atoms with Gasteiger partial charge in [-0.05, 0) is 109 Å². The summed E-state index contributed by atoms with van der Waals surface area (Å²) in [7, 11) is 0. The molecule has 408 valence electrons. The van der Waals surface area contributed by atoms with Crippen molar-refractivity contribution < 1.29 is 28.6 Å². The summed E-state index contributed by atoms with van der Waals surface area (Å²) in [6.07, 6.45) is 77.3. The third-order valence-corrected chi connectivity index (χ3v) is 12.9. The van der Waals surface area contributed by atoms with Crippen molar-refractivity contribution in [2.45, 2.75) is 297 Å². The molecule has 0 aromatic rings. The first-order chi connectivity index (χ1) is 35.0. The van der Waals surface area contributed by atoms with Crippen molar-refractivity contribution >= 4 is 17.9 Å². The Morgan fingerprint density at radius 2 is 0.535 bits per heavy atom. The number of hydrogen-bond acceptors (Lipinski definition) is 6. The first-order valence-electron chi connectivity index (χ1n) is 30.1. The maximum absolute atomic E-state index is 12.8. The number of esters is 3. The molecular formula is C65H112O6. The quantitative estimate of drug-likeness (QED) is 0.0261. The van der Waals surface area contributed by atoms with Crippen molar-refractivity contribution in [2.75, 3.05) is 13.2 Å². The molecule has 0 heterocycles. The van der Waals surface area contributed by atoms with Crippen molar-refractivity contribution in [3.8, 4) is 0 Å². The number of carbonyl (C=O) groups is 3. The molecule has 0 unspecified atom stereocenters. The predicted octanol–water partition coefficient (Wildman–Crippen LogP) is 20.3. The molecule has 0 aliphatic heterocycles. The maximum atomic E-state index is 12.8. The standard InChI is InChI=1S/C65H112O6/c1-4-7-10-13-16-19-22-25-27-29-31-32-34-35-37-40-43-46-49-52-55-58-64(67)70-61-62(60-69-63(66)57-54-51-48-45-42-39-24-21-18-15-12-9-6-3)71-65(68)59-56-53-50-47-44-41-38-36-33-30-28-26-23-20-17-14-11-8-5-2/h17,20-21,24-28,33,36,41,44,50,53,62H,4-16,18-19,22-23,29-32,34-35,37-40,42-43,45-49,51-52,54-61H2,1-3H3/b20-17-,24-21-,27-25-,28-26-,36-33-,44-41-,53-50-/t62-/m0/s1. The monoisotopic (exact) mass is 989 g/mol. The average Bonchev–Trinajstić information content (AvgIpc) is 3.37. The van der Waals surface area contributed by atoms with Gasteiger partial charge in [-0.15, -0.1) is 0 Å². The van der Waals surface area contributed by atoms with Gasteiger partial charge in [-0.25, -0.2) is 0 Å². The highest BCUT2D eigenvalue weighted by atomic mass is 16.6. The van der Waals surface area contributed by atoms with Crippen LogP contribution < -0.4 is 0 Å². The summed E-state index contributed by atoms with van der Waals surface area (Å²) >= 11 is 0. The molecule has 0 aliphatic carbocycles. The third-order valence-electron chi connectivity index (χ3n) is 12.9. The van der Waals surface area contributed by atoms with E-state index in [1.54, 1.807) is 0 Å². The molecule has 0 rings (SSSR count). The van der Waals surface area contributed by atoms with E-state index >= 15 is 0 Å². The Labute approximate surface area is 439 Å². The highest BCUT2D eigenvalue weighted by Gasteiger charge is 2.19. The SMILES string of the molecule is CCCCC/C=C\C/C=C\C/C=C\C/C=C\C/C=C\CCC(=O)O[C@@H](COC(=O)CCCCCCC/C=C\CCCCCC)COC(=O)CCCCCCCCCCCCC/C=C\CCCCCCCC. The summed E-state index contributed by atoms with van der Waals surface area (Å²) in [6.45, 7) is 6.54. The molecule has 6 nitrogen and oxygen atoms in total. The fourth-order valence-corrected chi connectivity index (χ4v) is 8.30. The van der Waals surface area contributed by atoms with Gasteiger partial charge < -0.3 is 14.2 Å². The minimum atomic E-state index is -0.820. The van der Waals surface area contributed by atoms with Crippen LogP contribution in [0.1, 0.15) is 290 Å². The Bertz CT molecular complexity index is 1370. The Balaban J connectivity index is 4.45. The molecule has 6 heteroatoms. The van der Waals surface area contributed by atoms with Gasteiger partial charge in [0.05, 0.1) is 0 Å². The molecule has 0 saturated heterocycles. The van der Waals surface area contributed by atoms with Gasteiger partial charge in [0, 0.05) is 19.3 Å². The van der Waals surface area contributed by atoms with Crippen molar-refractivity contribution in [1.29, 1.82) is 0 Å². The summed E-state index contributed by atoms with van der Waals surface area (Å²) in [5, 5.41) is 0. The lowest BCUT2D eigenvalue weighted by Crippen LogP contribution is -2.30. The minimum Gasteiger partial charge on any atom is -0.462 e. The van der Waals surface area contributed by atoms with Gasteiger partial charge in [0.15, 0.2) is 6.10 Å². The molecule has 71 heavy (non-hydrogen) atoms. The van der Waals surface area contributed by atoms with Gasteiger partial charge in [-0.3, -0.25) is 14.4 Å². The molecule has 0 fully saturated rings. The molecule has 0 radical (unpaired) electrons. The smallest absolute Gasteiger partial charge is 0.306 e. The predicted molar refractivity (Wildman–Crippen MR) is 307 cm³/mol. The first kappa shape index (κ1) is 67.6. The second-order valence-electron chi connectivity index (χ2n) is 19.9. The molecule has 0 N–H and O–H groups in total. The van der Waals surface area contributed by atoms with Gasteiger partial charge >= 0.3 is 17.9 Å². The highest BCUT2D eigenvalue weighted by molar-refractivity contribution is 5.71. The normalized spacial score (nSPS) is 12.7. The van der Waals surface area contributed by atoms with Gasteiger partial charge in [0.2, 0.25) is 0 Å². The number of allylic oxidation sites excluding steroid dienone is 14. The van der Waals surface area contributed by atoms with Gasteiger partial charge in [0.25, 0.3) is 0 Å². The van der Waals surface area contributed by atoms with Crippen LogP contribution in [0.15, 0.2) is 85.1 Å². The van der Waals surface area contributed by atoms with Crippen molar-refractivity contribution in [2.24, 2.45) is 0 Å². The number of unbranched alkanes of at least 4 members (excludes halogenated alkanes) is 29. The Morgan fingerprint density at radius 3 is 0.901 bits per heavy atom. The highest BCUT2D eigenvalue weighted by Crippen LogP contribution is 2.15. The lowest BCUT2D eigenvalue weighted by molar-refractivity contribution is -0.166. The van der Waals surface area contributed by atoms with Gasteiger partial charge in [-0.2, -0.15) is 0 Å². The molecule has 0 saturated carbocycles. The maximum Gasteiger partial charge on any atom is 0.306 e. The second-order valence-corrected chi connectivity index (χ2v) is 19.9. The molecule has 0 spiro atoms. The molecule has 0 aromatic carbocycles. The third kappa shape index (κ3) is 57.4. The average molecular weight is 990 g/mol. The summed E-state index contributed by atoms with van der Waals surface area (Å²) in [6, 6.07) is 0. The Morgan fingerprint density at radius 1 is 0.282 bits per heavy atom. The number of hydrogen-bond donors (Lipinski definition) is 0. The van der Waals surface area contributed by atoms with Crippen LogP contribution in [0.5, 0.6) is 0 Å². The Kier molecular flexibility index (Phi) is 56.3. The molecule has 1 atom stereocenters. The zero-order valence-electron chi connectivity index (χ0n) is 46.7. The van der Waals surface area contributed by atoms with E-state index in [9.17, 15) is 14.4 Å². The number of carbonyl (C=O) groups excluding carboxylic acids is 3. The summed E-state index contributed by atoms with van der Waals surface area (Å²) in [5.41, 5.74) is 0. The number of rotatable bonds is 54.